The maximum Gasteiger partial charge on any atom is 0.408 e. The van der Waals surface area contributed by atoms with Crippen LogP contribution in [0.4, 0.5) is 9.59 Å². The highest BCUT2D eigenvalue weighted by molar-refractivity contribution is 5.90. The zero-order valence-corrected chi connectivity index (χ0v) is 11.2. The Morgan fingerprint density at radius 2 is 1.95 bits per heavy atom. The van der Waals surface area contributed by atoms with E-state index < -0.39 is 29.2 Å². The summed E-state index contributed by atoms with van der Waals surface area (Å²) in [5.74, 6) is -0.776. The molecule has 1 saturated heterocycles. The molecule has 0 aromatic carbocycles. The summed E-state index contributed by atoms with van der Waals surface area (Å²) in [5.41, 5.74) is 3.16. The Morgan fingerprint density at radius 1 is 1.37 bits per heavy atom. The summed E-state index contributed by atoms with van der Waals surface area (Å²) in [6.07, 6.45) is -1.82. The first-order valence-corrected chi connectivity index (χ1v) is 5.85. The average molecular weight is 273 g/mol. The van der Waals surface area contributed by atoms with E-state index in [0.29, 0.717) is 0 Å². The standard InChI is InChI=1S/C11H19N3O5/c1-10(2,3)19-8(16)13-11(7(12)15)4-5-14(6-11)9(17)18/h4-6H2,1-3H3,(H2,12,15)(H,13,16)(H,17,18). The van der Waals surface area contributed by atoms with Crippen LogP contribution >= 0.6 is 0 Å². The third-order valence-corrected chi connectivity index (χ3v) is 2.75. The van der Waals surface area contributed by atoms with Crippen LogP contribution in [-0.2, 0) is 9.53 Å². The maximum absolute atomic E-state index is 11.7. The second kappa shape index (κ2) is 4.94. The number of nitrogens with zero attached hydrogens (tertiary/aromatic N) is 1. The number of likely N-dealkylation sites (tertiary alicyclic amines) is 1. The summed E-state index contributed by atoms with van der Waals surface area (Å²) in [6, 6.07) is 0. The predicted octanol–water partition coefficient (Wildman–Crippen LogP) is 0.119. The zero-order valence-electron chi connectivity index (χ0n) is 11.2. The number of hydrogen-bond donors (Lipinski definition) is 3. The Morgan fingerprint density at radius 3 is 2.32 bits per heavy atom. The first-order chi connectivity index (χ1) is 8.56. The topological polar surface area (TPSA) is 122 Å². The molecule has 8 nitrogen and oxygen atoms in total. The molecule has 0 aromatic heterocycles. The van der Waals surface area contributed by atoms with Gasteiger partial charge in [-0.2, -0.15) is 0 Å². The molecule has 8 heteroatoms. The molecular weight excluding hydrogens is 254 g/mol. The van der Waals surface area contributed by atoms with Gasteiger partial charge in [0.05, 0.1) is 6.54 Å². The lowest BCUT2D eigenvalue weighted by atomic mass is 9.98. The first-order valence-electron chi connectivity index (χ1n) is 5.85. The van der Waals surface area contributed by atoms with Crippen molar-refractivity contribution in [3.8, 4) is 0 Å². The van der Waals surface area contributed by atoms with E-state index in [2.05, 4.69) is 5.32 Å². The van der Waals surface area contributed by atoms with E-state index in [1.165, 1.54) is 0 Å². The number of nitrogens with two attached hydrogens (primary N) is 1. The van der Waals surface area contributed by atoms with Crippen molar-refractivity contribution in [3.05, 3.63) is 0 Å². The van der Waals surface area contributed by atoms with E-state index in [9.17, 15) is 14.4 Å². The molecule has 4 N–H and O–H groups in total. The molecule has 1 atom stereocenters. The maximum atomic E-state index is 11.7. The number of carbonyl (C=O) groups excluding carboxylic acids is 2. The highest BCUT2D eigenvalue weighted by Crippen LogP contribution is 2.22. The van der Waals surface area contributed by atoms with Crippen LogP contribution in [0.1, 0.15) is 27.2 Å². The number of nitrogens with one attached hydrogen (secondary N) is 1. The Kier molecular flexibility index (Phi) is 3.92. The Bertz CT molecular complexity index is 404. The fraction of sp³-hybridized carbons (Fsp3) is 0.727. The molecule has 1 aliphatic heterocycles. The third-order valence-electron chi connectivity index (χ3n) is 2.75. The van der Waals surface area contributed by atoms with Crippen molar-refractivity contribution >= 4 is 18.1 Å². The number of rotatable bonds is 2. The van der Waals surface area contributed by atoms with Crippen molar-refractivity contribution in [1.29, 1.82) is 0 Å². The van der Waals surface area contributed by atoms with Crippen LogP contribution in [0.2, 0.25) is 0 Å². The molecule has 1 rings (SSSR count). The van der Waals surface area contributed by atoms with E-state index in [4.69, 9.17) is 15.6 Å². The van der Waals surface area contributed by atoms with Gasteiger partial charge in [0.15, 0.2) is 0 Å². The van der Waals surface area contributed by atoms with E-state index in [1.807, 2.05) is 0 Å². The Balaban J connectivity index is 2.78. The fourth-order valence-corrected chi connectivity index (χ4v) is 1.84. The van der Waals surface area contributed by atoms with Crippen LogP contribution < -0.4 is 11.1 Å². The second-order valence-corrected chi connectivity index (χ2v) is 5.53. The van der Waals surface area contributed by atoms with Gasteiger partial charge in [-0.1, -0.05) is 0 Å². The summed E-state index contributed by atoms with van der Waals surface area (Å²) in [6.45, 7) is 5.01. The molecule has 0 saturated carbocycles. The van der Waals surface area contributed by atoms with E-state index in [0.717, 1.165) is 4.90 Å². The lowest BCUT2D eigenvalue weighted by molar-refractivity contribution is -0.123. The molecule has 0 radical (unpaired) electrons. The number of carboxylic acid groups (broad SMARTS) is 1. The molecule has 3 amide bonds. The molecule has 1 aliphatic rings. The van der Waals surface area contributed by atoms with E-state index in [-0.39, 0.29) is 19.5 Å². The van der Waals surface area contributed by atoms with Gasteiger partial charge in [0, 0.05) is 6.54 Å². The van der Waals surface area contributed by atoms with Crippen molar-refractivity contribution in [1.82, 2.24) is 10.2 Å². The fourth-order valence-electron chi connectivity index (χ4n) is 1.84. The highest BCUT2D eigenvalue weighted by atomic mass is 16.6. The molecule has 0 aliphatic carbocycles. The molecule has 0 spiro atoms. The van der Waals surface area contributed by atoms with Crippen LogP contribution in [0.15, 0.2) is 0 Å². The Labute approximate surface area is 110 Å². The number of amides is 3. The lowest BCUT2D eigenvalue weighted by Gasteiger charge is -2.28. The largest absolute Gasteiger partial charge is 0.465 e. The number of carbonyl (C=O) groups is 3. The molecule has 1 heterocycles. The zero-order chi connectivity index (χ0) is 14.8. The number of alkyl carbamates (subject to hydrolysis) is 1. The minimum atomic E-state index is -1.40. The second-order valence-electron chi connectivity index (χ2n) is 5.53. The van der Waals surface area contributed by atoms with Crippen LogP contribution in [0.25, 0.3) is 0 Å². The molecule has 0 aromatic rings. The monoisotopic (exact) mass is 273 g/mol. The summed E-state index contributed by atoms with van der Waals surface area (Å²) in [5, 5.41) is 11.3. The average Bonchev–Trinajstić information content (AvgIpc) is 2.60. The summed E-state index contributed by atoms with van der Waals surface area (Å²) >= 11 is 0. The van der Waals surface area contributed by atoms with Crippen LogP contribution in [0.3, 0.4) is 0 Å². The normalized spacial score (nSPS) is 23.0. The van der Waals surface area contributed by atoms with Crippen molar-refractivity contribution in [3.63, 3.8) is 0 Å². The van der Waals surface area contributed by atoms with Crippen molar-refractivity contribution in [2.75, 3.05) is 13.1 Å². The lowest BCUT2D eigenvalue weighted by Crippen LogP contribution is -2.60. The van der Waals surface area contributed by atoms with Gasteiger partial charge in [0.1, 0.15) is 11.1 Å². The SMILES string of the molecule is CC(C)(C)OC(=O)NC1(C(N)=O)CCN(C(=O)O)C1. The molecular formula is C11H19N3O5. The Hall–Kier alpha value is -1.99. The number of primary amides is 1. The molecule has 19 heavy (non-hydrogen) atoms. The first kappa shape index (κ1) is 15.1. The molecule has 108 valence electrons. The summed E-state index contributed by atoms with van der Waals surface area (Å²) < 4.78 is 5.05. The minimum absolute atomic E-state index is 0.133. The summed E-state index contributed by atoms with van der Waals surface area (Å²) in [7, 11) is 0. The van der Waals surface area contributed by atoms with Crippen molar-refractivity contribution < 1.29 is 24.2 Å². The van der Waals surface area contributed by atoms with Gasteiger partial charge in [-0.05, 0) is 27.2 Å². The summed E-state index contributed by atoms with van der Waals surface area (Å²) in [4.78, 5) is 35.1. The predicted molar refractivity (Wildman–Crippen MR) is 65.5 cm³/mol. The van der Waals surface area contributed by atoms with Gasteiger partial charge in [-0.25, -0.2) is 9.59 Å². The van der Waals surface area contributed by atoms with Crippen LogP contribution in [-0.4, -0.2) is 52.3 Å². The van der Waals surface area contributed by atoms with Gasteiger partial charge in [0.25, 0.3) is 0 Å². The quantitative estimate of drug-likeness (QED) is 0.659. The molecule has 1 unspecified atom stereocenters. The minimum Gasteiger partial charge on any atom is -0.465 e. The highest BCUT2D eigenvalue weighted by Gasteiger charge is 2.46. The smallest absolute Gasteiger partial charge is 0.408 e. The van der Waals surface area contributed by atoms with E-state index in [1.54, 1.807) is 20.8 Å². The molecule has 1 fully saturated rings. The molecule has 0 bridgehead atoms. The van der Waals surface area contributed by atoms with Crippen molar-refractivity contribution in [2.24, 2.45) is 5.73 Å². The van der Waals surface area contributed by atoms with Crippen LogP contribution in [0, 0.1) is 0 Å². The van der Waals surface area contributed by atoms with Crippen molar-refractivity contribution in [2.45, 2.75) is 38.3 Å². The van der Waals surface area contributed by atoms with Crippen LogP contribution in [0.5, 0.6) is 0 Å². The van der Waals surface area contributed by atoms with Gasteiger partial charge in [0.2, 0.25) is 5.91 Å². The van der Waals surface area contributed by atoms with Gasteiger partial charge < -0.3 is 25.8 Å². The number of hydrogen-bond acceptors (Lipinski definition) is 4. The third kappa shape index (κ3) is 3.73. The van der Waals surface area contributed by atoms with E-state index >= 15 is 0 Å². The van der Waals surface area contributed by atoms with Gasteiger partial charge in [-0.3, -0.25) is 4.79 Å². The van der Waals surface area contributed by atoms with Gasteiger partial charge >= 0.3 is 12.2 Å². The van der Waals surface area contributed by atoms with Gasteiger partial charge in [-0.15, -0.1) is 0 Å². The number of ether oxygens (including phenoxy) is 1.